The van der Waals surface area contributed by atoms with E-state index < -0.39 is 17.6 Å². The van der Waals surface area contributed by atoms with Gasteiger partial charge >= 0.3 is 0 Å². The van der Waals surface area contributed by atoms with E-state index in [1.54, 1.807) is 30.1 Å². The molecule has 0 saturated carbocycles. The number of benzene rings is 2. The molecule has 1 atom stereocenters. The molecule has 0 bridgehead atoms. The molecule has 3 aromatic rings. The highest BCUT2D eigenvalue weighted by molar-refractivity contribution is 5.94. The van der Waals surface area contributed by atoms with Gasteiger partial charge in [-0.2, -0.15) is 0 Å². The van der Waals surface area contributed by atoms with Gasteiger partial charge in [0.2, 0.25) is 5.91 Å². The predicted octanol–water partition coefficient (Wildman–Crippen LogP) is 3.63. The summed E-state index contributed by atoms with van der Waals surface area (Å²) >= 11 is 0. The first kappa shape index (κ1) is 16.3. The lowest BCUT2D eigenvalue weighted by atomic mass is 9.89. The van der Waals surface area contributed by atoms with Gasteiger partial charge in [0.05, 0.1) is 18.5 Å². The van der Waals surface area contributed by atoms with Crippen LogP contribution >= 0.6 is 0 Å². The van der Waals surface area contributed by atoms with Crippen LogP contribution in [0.15, 0.2) is 48.8 Å². The summed E-state index contributed by atoms with van der Waals surface area (Å²) in [7, 11) is 1.56. The van der Waals surface area contributed by atoms with Crippen LogP contribution in [0.2, 0.25) is 0 Å². The van der Waals surface area contributed by atoms with Gasteiger partial charge in [-0.25, -0.2) is 13.8 Å². The Balaban J connectivity index is 1.84. The van der Waals surface area contributed by atoms with Crippen LogP contribution in [0.5, 0.6) is 5.75 Å². The molecule has 0 unspecified atom stereocenters. The van der Waals surface area contributed by atoms with Crippen molar-refractivity contribution < 1.29 is 18.3 Å². The second kappa shape index (κ2) is 6.25. The Morgan fingerprint density at radius 1 is 1.23 bits per heavy atom. The Labute approximate surface area is 148 Å². The Morgan fingerprint density at radius 2 is 2.08 bits per heavy atom. The molecule has 0 radical (unpaired) electrons. The summed E-state index contributed by atoms with van der Waals surface area (Å²) in [6.45, 7) is 0. The number of aromatic nitrogens is 2. The highest BCUT2D eigenvalue weighted by Crippen LogP contribution is 2.38. The van der Waals surface area contributed by atoms with Gasteiger partial charge in [0.1, 0.15) is 29.5 Å². The van der Waals surface area contributed by atoms with Gasteiger partial charge in [-0.3, -0.25) is 9.36 Å². The minimum atomic E-state index is -0.652. The molecule has 0 fully saturated rings. The highest BCUT2D eigenvalue weighted by atomic mass is 19.1. The molecule has 4 rings (SSSR count). The highest BCUT2D eigenvalue weighted by Gasteiger charge is 2.32. The molecule has 26 heavy (non-hydrogen) atoms. The van der Waals surface area contributed by atoms with Gasteiger partial charge in [0.15, 0.2) is 0 Å². The van der Waals surface area contributed by atoms with Crippen molar-refractivity contribution in [1.29, 1.82) is 0 Å². The fourth-order valence-electron chi connectivity index (χ4n) is 3.20. The normalized spacial score (nSPS) is 16.1. The Bertz CT molecular complexity index is 1000. The van der Waals surface area contributed by atoms with Crippen LogP contribution in [0, 0.1) is 11.6 Å². The lowest BCUT2D eigenvalue weighted by molar-refractivity contribution is -0.116. The Kier molecular flexibility index (Phi) is 3.91. The van der Waals surface area contributed by atoms with Gasteiger partial charge in [-0.15, -0.1) is 0 Å². The summed E-state index contributed by atoms with van der Waals surface area (Å²) in [5, 5.41) is 2.78. The largest absolute Gasteiger partial charge is 0.497 e. The number of anilines is 1. The van der Waals surface area contributed by atoms with Crippen molar-refractivity contribution in [2.45, 2.75) is 12.3 Å². The zero-order valence-corrected chi connectivity index (χ0v) is 13.9. The molecule has 0 spiro atoms. The summed E-state index contributed by atoms with van der Waals surface area (Å²) in [4.78, 5) is 16.6. The first-order valence-electron chi connectivity index (χ1n) is 8.03. The van der Waals surface area contributed by atoms with E-state index in [0.29, 0.717) is 17.3 Å². The van der Waals surface area contributed by atoms with E-state index in [9.17, 15) is 13.6 Å². The number of nitrogens with one attached hydrogen (secondary N) is 1. The van der Waals surface area contributed by atoms with Crippen LogP contribution in [0.3, 0.4) is 0 Å². The van der Waals surface area contributed by atoms with Gasteiger partial charge < -0.3 is 10.1 Å². The van der Waals surface area contributed by atoms with Crippen molar-refractivity contribution >= 4 is 11.7 Å². The average Bonchev–Trinajstić information content (AvgIpc) is 3.07. The SMILES string of the molecule is COc1cccc(-n2cnc3c2NC(=O)C[C@H]3c2cc(F)ccc2F)c1. The molecule has 1 aromatic heterocycles. The topological polar surface area (TPSA) is 56.1 Å². The number of halogens is 2. The number of methoxy groups -OCH3 is 1. The average molecular weight is 355 g/mol. The molecular weight excluding hydrogens is 340 g/mol. The summed E-state index contributed by atoms with van der Waals surface area (Å²) in [5.41, 5.74) is 1.35. The van der Waals surface area contributed by atoms with Crippen molar-refractivity contribution in [3.05, 3.63) is 71.7 Å². The fourth-order valence-corrected chi connectivity index (χ4v) is 3.20. The van der Waals surface area contributed by atoms with Gasteiger partial charge in [0.25, 0.3) is 0 Å². The van der Waals surface area contributed by atoms with E-state index in [0.717, 1.165) is 23.9 Å². The van der Waals surface area contributed by atoms with Crippen LogP contribution < -0.4 is 10.1 Å². The Morgan fingerprint density at radius 3 is 2.88 bits per heavy atom. The molecular formula is C19H15F2N3O2. The summed E-state index contributed by atoms with van der Waals surface area (Å²) in [6.07, 6.45) is 1.55. The third-order valence-electron chi connectivity index (χ3n) is 4.44. The maximum Gasteiger partial charge on any atom is 0.226 e. The second-order valence-electron chi connectivity index (χ2n) is 6.02. The number of hydrogen-bond acceptors (Lipinski definition) is 3. The third-order valence-corrected chi connectivity index (χ3v) is 4.44. The maximum absolute atomic E-state index is 14.3. The fraction of sp³-hybridized carbons (Fsp3) is 0.158. The molecule has 132 valence electrons. The van der Waals surface area contributed by atoms with Crippen LogP contribution in [0.25, 0.3) is 5.69 Å². The summed E-state index contributed by atoms with van der Waals surface area (Å²) < 4.78 is 34.8. The second-order valence-corrected chi connectivity index (χ2v) is 6.02. The van der Waals surface area contributed by atoms with Crippen molar-refractivity contribution in [1.82, 2.24) is 9.55 Å². The number of fused-ring (bicyclic) bond motifs is 1. The zero-order chi connectivity index (χ0) is 18.3. The third kappa shape index (κ3) is 2.71. The van der Waals surface area contributed by atoms with Crippen LogP contribution in [0.4, 0.5) is 14.6 Å². The van der Waals surface area contributed by atoms with E-state index >= 15 is 0 Å². The number of imidazole rings is 1. The van der Waals surface area contributed by atoms with Crippen molar-refractivity contribution in [3.63, 3.8) is 0 Å². The minimum absolute atomic E-state index is 0.00248. The van der Waals surface area contributed by atoms with Crippen molar-refractivity contribution in [3.8, 4) is 11.4 Å². The van der Waals surface area contributed by atoms with E-state index in [1.165, 1.54) is 0 Å². The molecule has 1 amide bonds. The monoisotopic (exact) mass is 355 g/mol. The molecule has 1 aliphatic rings. The molecule has 1 aliphatic heterocycles. The Hall–Kier alpha value is -3.22. The van der Waals surface area contributed by atoms with E-state index in [2.05, 4.69) is 10.3 Å². The first-order valence-corrected chi connectivity index (χ1v) is 8.03. The van der Waals surface area contributed by atoms with Crippen LogP contribution in [-0.4, -0.2) is 22.6 Å². The van der Waals surface area contributed by atoms with E-state index in [-0.39, 0.29) is 17.9 Å². The molecule has 0 aliphatic carbocycles. The molecule has 2 aromatic carbocycles. The van der Waals surface area contributed by atoms with Gasteiger partial charge in [-0.05, 0) is 30.3 Å². The van der Waals surface area contributed by atoms with Crippen molar-refractivity contribution in [2.24, 2.45) is 0 Å². The number of carbonyl (C=O) groups is 1. The standard InChI is InChI=1S/C19H15F2N3O2/c1-26-13-4-2-3-12(8-13)24-10-22-18-15(9-17(25)23-19(18)24)14-7-11(20)5-6-16(14)21/h2-8,10,15H,9H2,1H3,(H,23,25)/t15-/m0/s1. The molecule has 7 heteroatoms. The molecule has 5 nitrogen and oxygen atoms in total. The van der Waals surface area contributed by atoms with Gasteiger partial charge in [0, 0.05) is 24.0 Å². The van der Waals surface area contributed by atoms with E-state index in [1.807, 2.05) is 12.1 Å². The summed E-state index contributed by atoms with van der Waals surface area (Å²) in [5.74, 6) is -0.950. The predicted molar refractivity (Wildman–Crippen MR) is 91.6 cm³/mol. The molecule has 1 N–H and O–H groups in total. The first-order chi connectivity index (χ1) is 12.6. The van der Waals surface area contributed by atoms with Crippen LogP contribution in [0.1, 0.15) is 23.6 Å². The molecule has 0 saturated heterocycles. The lowest BCUT2D eigenvalue weighted by Gasteiger charge is -2.23. The lowest BCUT2D eigenvalue weighted by Crippen LogP contribution is -2.25. The molecule has 2 heterocycles. The number of nitrogens with zero attached hydrogens (tertiary/aromatic N) is 2. The van der Waals surface area contributed by atoms with E-state index in [4.69, 9.17) is 4.74 Å². The smallest absolute Gasteiger partial charge is 0.226 e. The van der Waals surface area contributed by atoms with Crippen molar-refractivity contribution in [2.75, 3.05) is 12.4 Å². The maximum atomic E-state index is 14.3. The number of amides is 1. The zero-order valence-electron chi connectivity index (χ0n) is 13.9. The summed E-state index contributed by atoms with van der Waals surface area (Å²) in [6, 6.07) is 10.5. The number of rotatable bonds is 3. The number of carbonyl (C=O) groups excluding carboxylic acids is 1. The minimum Gasteiger partial charge on any atom is -0.497 e. The number of hydrogen-bond donors (Lipinski definition) is 1. The number of ether oxygens (including phenoxy) is 1. The van der Waals surface area contributed by atoms with Crippen LogP contribution in [-0.2, 0) is 4.79 Å². The quantitative estimate of drug-likeness (QED) is 0.781. The van der Waals surface area contributed by atoms with Gasteiger partial charge in [-0.1, -0.05) is 6.07 Å².